The van der Waals surface area contributed by atoms with Crippen molar-refractivity contribution in [3.63, 3.8) is 0 Å². The molecule has 0 saturated carbocycles. The molecule has 0 spiro atoms. The van der Waals surface area contributed by atoms with E-state index in [0.29, 0.717) is 0 Å². The van der Waals surface area contributed by atoms with E-state index in [1.54, 1.807) is 6.92 Å². The van der Waals surface area contributed by atoms with Crippen LogP contribution in [0.4, 0.5) is 0 Å². The number of rotatable bonds is 3. The molecule has 3 nitrogen and oxygen atoms in total. The molecule has 0 heterocycles. The fraction of sp³-hybridized carbons (Fsp3) is 1.00. The van der Waals surface area contributed by atoms with Gasteiger partial charge in [-0.2, -0.15) is 0 Å². The molecule has 0 amide bonds. The Kier molecular flexibility index (Phi) is 10.8. The second kappa shape index (κ2) is 7.47. The summed E-state index contributed by atoms with van der Waals surface area (Å²) < 4.78 is 9.41. The molecule has 0 aliphatic heterocycles. The first-order chi connectivity index (χ1) is 3.66. The van der Waals surface area contributed by atoms with Crippen LogP contribution >= 0.6 is 0 Å². The van der Waals surface area contributed by atoms with Crippen LogP contribution in [0.1, 0.15) is 13.8 Å². The predicted molar refractivity (Wildman–Crippen MR) is 37.8 cm³/mol. The van der Waals surface area contributed by atoms with Crippen molar-refractivity contribution in [1.29, 1.82) is 0 Å². The summed E-state index contributed by atoms with van der Waals surface area (Å²) in [6.45, 7) is 3.25. The third kappa shape index (κ3) is 9.36. The maximum absolute atomic E-state index is 8.55. The first-order valence-corrected chi connectivity index (χ1v) is 2.53. The molecule has 1 N–H and O–H groups in total. The van der Waals surface area contributed by atoms with Gasteiger partial charge in [0, 0.05) is 7.11 Å². The Morgan fingerprint density at radius 2 is 1.78 bits per heavy atom. The molecule has 0 rings (SSSR count). The van der Waals surface area contributed by atoms with Gasteiger partial charge >= 0.3 is 45.5 Å². The fourth-order valence-corrected chi connectivity index (χ4v) is 0.333. The average molecular weight is 210 g/mol. The van der Waals surface area contributed by atoms with Gasteiger partial charge in [0.15, 0.2) is 12.6 Å². The van der Waals surface area contributed by atoms with E-state index >= 15 is 0 Å². The van der Waals surface area contributed by atoms with Crippen molar-refractivity contribution in [2.24, 2.45) is 0 Å². The average Bonchev–Trinajstić information content (AvgIpc) is 1.65. The van der Waals surface area contributed by atoms with Crippen molar-refractivity contribution in [2.75, 3.05) is 7.11 Å². The molecule has 0 aromatic carbocycles. The zero-order valence-electron chi connectivity index (χ0n) is 5.42. The van der Waals surface area contributed by atoms with E-state index in [-0.39, 0.29) is 51.8 Å². The predicted octanol–water partition coefficient (Wildman–Crippen LogP) is -0.583. The van der Waals surface area contributed by atoms with Gasteiger partial charge in [0.25, 0.3) is 0 Å². The molecule has 0 aliphatic rings. The molecule has 4 heteroatoms. The molecule has 0 fully saturated rings. The van der Waals surface area contributed by atoms with Crippen molar-refractivity contribution in [2.45, 2.75) is 26.4 Å². The van der Waals surface area contributed by atoms with E-state index in [1.807, 2.05) is 0 Å². The minimum atomic E-state index is -0.745. The van der Waals surface area contributed by atoms with E-state index < -0.39 is 6.29 Å². The second-order valence-corrected chi connectivity index (χ2v) is 1.54. The van der Waals surface area contributed by atoms with Gasteiger partial charge in [-0.3, -0.25) is 0 Å². The molecule has 0 radical (unpaired) electrons. The van der Waals surface area contributed by atoms with E-state index in [4.69, 9.17) is 9.84 Å². The molecule has 9 heavy (non-hydrogen) atoms. The van der Waals surface area contributed by atoms with Gasteiger partial charge in [0.2, 0.25) is 0 Å². The van der Waals surface area contributed by atoms with Crippen LogP contribution in [0.5, 0.6) is 0 Å². The molecule has 0 aromatic heterocycles. The number of ether oxygens (including phenoxy) is 2. The Balaban J connectivity index is 0. The molecule has 0 bridgehead atoms. The molecule has 2 atom stereocenters. The van der Waals surface area contributed by atoms with Crippen LogP contribution in [0.15, 0.2) is 0 Å². The van der Waals surface area contributed by atoms with E-state index in [2.05, 4.69) is 4.74 Å². The Bertz CT molecular complexity index is 58.2. The normalized spacial score (nSPS) is 16.0. The van der Waals surface area contributed by atoms with Gasteiger partial charge in [-0.05, 0) is 13.8 Å². The number of methoxy groups -OCH3 is 1. The minimum absolute atomic E-state index is 0. The van der Waals surface area contributed by atoms with Crippen LogP contribution < -0.4 is 0 Å². The van der Waals surface area contributed by atoms with Crippen molar-refractivity contribution >= 4 is 45.5 Å². The SMILES string of the molecule is COC(C)OC(C)O.[SrH2]. The summed E-state index contributed by atoms with van der Waals surface area (Å²) in [5, 5.41) is 8.55. The summed E-state index contributed by atoms with van der Waals surface area (Å²) in [5.74, 6) is 0. The zero-order chi connectivity index (χ0) is 6.57. The van der Waals surface area contributed by atoms with Crippen LogP contribution in [0.25, 0.3) is 0 Å². The van der Waals surface area contributed by atoms with E-state index in [9.17, 15) is 0 Å². The Morgan fingerprint density at radius 3 is 1.89 bits per heavy atom. The molecule has 0 aliphatic carbocycles. The summed E-state index contributed by atoms with van der Waals surface area (Å²) in [4.78, 5) is 0. The van der Waals surface area contributed by atoms with Gasteiger partial charge in [0.05, 0.1) is 0 Å². The van der Waals surface area contributed by atoms with Crippen LogP contribution in [0.2, 0.25) is 0 Å². The maximum atomic E-state index is 8.55. The van der Waals surface area contributed by atoms with Crippen molar-refractivity contribution in [1.82, 2.24) is 0 Å². The summed E-state index contributed by atoms with van der Waals surface area (Å²) >= 11 is 0. The van der Waals surface area contributed by atoms with Crippen LogP contribution in [0, 0.1) is 0 Å². The summed E-state index contributed by atoms with van der Waals surface area (Å²) in [6.07, 6.45) is -1.07. The van der Waals surface area contributed by atoms with Crippen LogP contribution in [-0.4, -0.2) is 70.3 Å². The van der Waals surface area contributed by atoms with E-state index in [1.165, 1.54) is 14.0 Å². The van der Waals surface area contributed by atoms with Crippen molar-refractivity contribution < 1.29 is 14.6 Å². The quantitative estimate of drug-likeness (QED) is 0.500. The monoisotopic (exact) mass is 210 g/mol. The number of hydrogen-bond donors (Lipinski definition) is 1. The second-order valence-electron chi connectivity index (χ2n) is 1.54. The summed E-state index contributed by atoms with van der Waals surface area (Å²) in [7, 11) is 1.52. The van der Waals surface area contributed by atoms with Gasteiger partial charge in [-0.1, -0.05) is 0 Å². The van der Waals surface area contributed by atoms with Gasteiger partial charge in [-0.25, -0.2) is 0 Å². The third-order valence-corrected chi connectivity index (χ3v) is 0.721. The summed E-state index contributed by atoms with van der Waals surface area (Å²) in [5.41, 5.74) is 0. The van der Waals surface area contributed by atoms with Crippen LogP contribution in [0.3, 0.4) is 0 Å². The first-order valence-electron chi connectivity index (χ1n) is 2.53. The van der Waals surface area contributed by atoms with Gasteiger partial charge in [0.1, 0.15) is 0 Å². The fourth-order valence-electron chi connectivity index (χ4n) is 0.333. The Labute approximate surface area is 92.6 Å². The van der Waals surface area contributed by atoms with E-state index in [0.717, 1.165) is 0 Å². The summed E-state index contributed by atoms with van der Waals surface area (Å²) in [6, 6.07) is 0. The van der Waals surface area contributed by atoms with Crippen LogP contribution in [-0.2, 0) is 9.47 Å². The van der Waals surface area contributed by atoms with Crippen molar-refractivity contribution in [3.05, 3.63) is 0 Å². The Morgan fingerprint density at radius 1 is 1.33 bits per heavy atom. The van der Waals surface area contributed by atoms with Crippen molar-refractivity contribution in [3.8, 4) is 0 Å². The molecule has 54 valence electrons. The number of hydrogen-bond acceptors (Lipinski definition) is 3. The first kappa shape index (κ1) is 13.0. The molecule has 0 saturated heterocycles. The molecular weight excluding hydrogens is 196 g/mol. The molecule has 0 aromatic rings. The standard InChI is InChI=1S/C5H12O3.Sr.2H/c1-4(6)8-5(2)7-3;;;/h4-6H,1-3H3;;;. The number of aliphatic hydroxyl groups is 1. The molecular formula is C5H14O3Sr. The zero-order valence-corrected chi connectivity index (χ0v) is 5.42. The van der Waals surface area contributed by atoms with Gasteiger partial charge < -0.3 is 14.6 Å². The topological polar surface area (TPSA) is 38.7 Å². The third-order valence-electron chi connectivity index (χ3n) is 0.721. The van der Waals surface area contributed by atoms with Gasteiger partial charge in [-0.15, -0.1) is 0 Å². The Hall–Kier alpha value is 1.36. The number of aliphatic hydroxyl groups excluding tert-OH is 1. The molecule has 2 unspecified atom stereocenters.